The van der Waals surface area contributed by atoms with Crippen LogP contribution >= 0.6 is 0 Å². The molecular formula is C22H29NO4. The van der Waals surface area contributed by atoms with E-state index in [2.05, 4.69) is 5.32 Å². The minimum atomic E-state index is -0.541. The molecular weight excluding hydrogens is 342 g/mol. The predicted molar refractivity (Wildman–Crippen MR) is 107 cm³/mol. The van der Waals surface area contributed by atoms with Gasteiger partial charge in [-0.25, -0.2) is 0 Å². The maximum Gasteiger partial charge on any atom is 0.261 e. The molecule has 5 nitrogen and oxygen atoms in total. The van der Waals surface area contributed by atoms with E-state index in [9.17, 15) is 4.79 Å². The lowest BCUT2D eigenvalue weighted by molar-refractivity contribution is -0.128. The van der Waals surface area contributed by atoms with Crippen molar-refractivity contribution in [1.82, 2.24) is 5.32 Å². The first kappa shape index (κ1) is 20.6. The molecule has 0 bridgehead atoms. The van der Waals surface area contributed by atoms with Crippen molar-refractivity contribution in [3.05, 3.63) is 53.6 Å². The summed E-state index contributed by atoms with van der Waals surface area (Å²) in [5.41, 5.74) is 2.06. The molecule has 27 heavy (non-hydrogen) atoms. The lowest BCUT2D eigenvalue weighted by Crippen LogP contribution is -2.39. The zero-order valence-corrected chi connectivity index (χ0v) is 16.7. The summed E-state index contributed by atoms with van der Waals surface area (Å²) >= 11 is 0. The Balaban J connectivity index is 2.12. The Morgan fingerprint density at radius 2 is 1.74 bits per heavy atom. The van der Waals surface area contributed by atoms with Gasteiger partial charge in [0, 0.05) is 0 Å². The molecule has 0 fully saturated rings. The van der Waals surface area contributed by atoms with E-state index in [4.69, 9.17) is 14.2 Å². The summed E-state index contributed by atoms with van der Waals surface area (Å²) < 4.78 is 16.6. The fraction of sp³-hybridized carbons (Fsp3) is 0.409. The van der Waals surface area contributed by atoms with Crippen LogP contribution in [0.5, 0.6) is 17.2 Å². The monoisotopic (exact) mass is 371 g/mol. The van der Waals surface area contributed by atoms with E-state index in [0.29, 0.717) is 23.7 Å². The highest BCUT2D eigenvalue weighted by molar-refractivity contribution is 5.81. The van der Waals surface area contributed by atoms with E-state index in [-0.39, 0.29) is 11.9 Å². The number of benzene rings is 2. The highest BCUT2D eigenvalue weighted by atomic mass is 16.5. The number of hydrogen-bond acceptors (Lipinski definition) is 4. The molecule has 5 heteroatoms. The summed E-state index contributed by atoms with van der Waals surface area (Å²) in [6.07, 6.45) is 0.797. The van der Waals surface area contributed by atoms with E-state index in [1.165, 1.54) is 0 Å². The number of carbonyl (C=O) groups excluding carboxylic acids is 1. The van der Waals surface area contributed by atoms with Crippen LogP contribution in [-0.2, 0) is 4.79 Å². The average molecular weight is 371 g/mol. The minimum Gasteiger partial charge on any atom is -0.493 e. The SMILES string of the molecule is CCC(Oc1cccc(C)c1)C(=O)NC(CC)c1ccc(OC)c(OC)c1. The van der Waals surface area contributed by atoms with Crippen molar-refractivity contribution in [1.29, 1.82) is 0 Å². The molecule has 146 valence electrons. The molecule has 1 N–H and O–H groups in total. The summed E-state index contributed by atoms with van der Waals surface area (Å²) in [4.78, 5) is 12.8. The molecule has 0 heterocycles. The van der Waals surface area contributed by atoms with Crippen LogP contribution in [0.4, 0.5) is 0 Å². The Morgan fingerprint density at radius 1 is 1.00 bits per heavy atom. The Labute approximate surface area is 161 Å². The van der Waals surface area contributed by atoms with Crippen molar-refractivity contribution in [3.63, 3.8) is 0 Å². The first-order valence-electron chi connectivity index (χ1n) is 9.27. The van der Waals surface area contributed by atoms with Crippen LogP contribution in [0.25, 0.3) is 0 Å². The van der Waals surface area contributed by atoms with Crippen molar-refractivity contribution in [2.75, 3.05) is 14.2 Å². The Hall–Kier alpha value is -2.69. The van der Waals surface area contributed by atoms with Crippen molar-refractivity contribution >= 4 is 5.91 Å². The number of aryl methyl sites for hydroxylation is 1. The Kier molecular flexibility index (Phi) is 7.53. The second kappa shape index (κ2) is 9.86. The number of hydrogen-bond donors (Lipinski definition) is 1. The third-order valence-electron chi connectivity index (χ3n) is 4.47. The van der Waals surface area contributed by atoms with E-state index in [1.807, 2.05) is 63.2 Å². The van der Waals surface area contributed by atoms with Crippen molar-refractivity contribution in [2.45, 2.75) is 45.8 Å². The summed E-state index contributed by atoms with van der Waals surface area (Å²) in [7, 11) is 3.20. The second-order valence-corrected chi connectivity index (χ2v) is 6.42. The Morgan fingerprint density at radius 3 is 2.33 bits per heavy atom. The van der Waals surface area contributed by atoms with Crippen LogP contribution in [0.15, 0.2) is 42.5 Å². The van der Waals surface area contributed by atoms with E-state index >= 15 is 0 Å². The molecule has 2 aromatic rings. The maximum absolute atomic E-state index is 12.8. The highest BCUT2D eigenvalue weighted by Crippen LogP contribution is 2.31. The first-order valence-corrected chi connectivity index (χ1v) is 9.27. The number of nitrogens with one attached hydrogen (secondary N) is 1. The molecule has 0 saturated carbocycles. The van der Waals surface area contributed by atoms with E-state index in [0.717, 1.165) is 17.5 Å². The maximum atomic E-state index is 12.8. The molecule has 0 aliphatic carbocycles. The molecule has 2 rings (SSSR count). The summed E-state index contributed by atoms with van der Waals surface area (Å²) in [5.74, 6) is 1.89. The fourth-order valence-electron chi connectivity index (χ4n) is 2.93. The lowest BCUT2D eigenvalue weighted by Gasteiger charge is -2.23. The number of rotatable bonds is 9. The topological polar surface area (TPSA) is 56.8 Å². The largest absolute Gasteiger partial charge is 0.493 e. The van der Waals surface area contributed by atoms with Gasteiger partial charge in [-0.15, -0.1) is 0 Å². The molecule has 0 aliphatic rings. The Bertz CT molecular complexity index is 760. The molecule has 0 aromatic heterocycles. The van der Waals surface area contributed by atoms with Gasteiger partial charge in [-0.2, -0.15) is 0 Å². The van der Waals surface area contributed by atoms with Gasteiger partial charge in [-0.1, -0.05) is 32.0 Å². The normalized spacial score (nSPS) is 12.8. The van der Waals surface area contributed by atoms with Gasteiger partial charge in [-0.05, 0) is 55.2 Å². The molecule has 2 unspecified atom stereocenters. The van der Waals surface area contributed by atoms with Gasteiger partial charge in [0.25, 0.3) is 5.91 Å². The smallest absolute Gasteiger partial charge is 0.261 e. The quantitative estimate of drug-likeness (QED) is 0.708. The zero-order valence-electron chi connectivity index (χ0n) is 16.7. The standard InChI is InChI=1S/C22H29NO4/c1-6-18(16-11-12-20(25-4)21(14-16)26-5)23-22(24)19(7-2)27-17-10-8-9-15(3)13-17/h8-14,18-19H,6-7H2,1-5H3,(H,23,24). The average Bonchev–Trinajstić information content (AvgIpc) is 2.69. The van der Waals surface area contributed by atoms with Crippen LogP contribution in [0.1, 0.15) is 43.9 Å². The second-order valence-electron chi connectivity index (χ2n) is 6.42. The van der Waals surface area contributed by atoms with Crippen LogP contribution in [0.2, 0.25) is 0 Å². The molecule has 1 amide bonds. The molecule has 0 aliphatic heterocycles. The third-order valence-corrected chi connectivity index (χ3v) is 4.47. The van der Waals surface area contributed by atoms with Crippen molar-refractivity contribution in [2.24, 2.45) is 0 Å². The van der Waals surface area contributed by atoms with Crippen LogP contribution in [0, 0.1) is 6.92 Å². The lowest BCUT2D eigenvalue weighted by atomic mass is 10.0. The molecule has 0 saturated heterocycles. The van der Waals surface area contributed by atoms with Crippen LogP contribution in [-0.4, -0.2) is 26.2 Å². The minimum absolute atomic E-state index is 0.124. The third kappa shape index (κ3) is 5.39. The van der Waals surface area contributed by atoms with Gasteiger partial charge in [0.05, 0.1) is 20.3 Å². The first-order chi connectivity index (χ1) is 13.0. The van der Waals surface area contributed by atoms with Gasteiger partial charge < -0.3 is 19.5 Å². The summed E-state index contributed by atoms with van der Waals surface area (Å²) in [5, 5.41) is 3.10. The number of methoxy groups -OCH3 is 2. The summed E-state index contributed by atoms with van der Waals surface area (Å²) in [6.45, 7) is 5.97. The van der Waals surface area contributed by atoms with Gasteiger partial charge >= 0.3 is 0 Å². The van der Waals surface area contributed by atoms with Gasteiger partial charge in [-0.3, -0.25) is 4.79 Å². The molecule has 2 atom stereocenters. The number of carbonyl (C=O) groups is 1. The van der Waals surface area contributed by atoms with E-state index in [1.54, 1.807) is 14.2 Å². The highest BCUT2D eigenvalue weighted by Gasteiger charge is 2.22. The predicted octanol–water partition coefficient (Wildman–Crippen LogP) is 4.44. The van der Waals surface area contributed by atoms with Crippen molar-refractivity contribution in [3.8, 4) is 17.2 Å². The number of ether oxygens (including phenoxy) is 3. The number of amides is 1. The van der Waals surface area contributed by atoms with Gasteiger partial charge in [0.1, 0.15) is 5.75 Å². The van der Waals surface area contributed by atoms with Gasteiger partial charge in [0.2, 0.25) is 0 Å². The van der Waals surface area contributed by atoms with E-state index < -0.39 is 6.10 Å². The van der Waals surface area contributed by atoms with Crippen molar-refractivity contribution < 1.29 is 19.0 Å². The molecule has 0 radical (unpaired) electrons. The summed E-state index contributed by atoms with van der Waals surface area (Å²) in [6, 6.07) is 13.3. The van der Waals surface area contributed by atoms with Crippen LogP contribution < -0.4 is 19.5 Å². The molecule has 2 aromatic carbocycles. The van der Waals surface area contributed by atoms with Crippen LogP contribution in [0.3, 0.4) is 0 Å². The fourth-order valence-corrected chi connectivity index (χ4v) is 2.93. The zero-order chi connectivity index (χ0) is 19.8. The van der Waals surface area contributed by atoms with Gasteiger partial charge in [0.15, 0.2) is 17.6 Å². The molecule has 0 spiro atoms.